The molecule has 0 amide bonds. The van der Waals surface area contributed by atoms with E-state index in [1.165, 1.54) is 0 Å². The highest BCUT2D eigenvalue weighted by atomic mass is 15.1. The van der Waals surface area contributed by atoms with E-state index in [-0.39, 0.29) is 4.90 Å². The molecule has 0 aliphatic rings. The lowest BCUT2D eigenvalue weighted by Gasteiger charge is -2.26. The maximum Gasteiger partial charge on any atom is 0.0645 e. The van der Waals surface area contributed by atoms with Crippen molar-refractivity contribution in [3.05, 3.63) is 242 Å². The van der Waals surface area contributed by atoms with Crippen molar-refractivity contribution < 1.29 is 54.8 Å². The van der Waals surface area contributed by atoms with E-state index in [2.05, 4.69) is 0 Å². The fraction of sp³-hybridized carbons (Fsp3) is 0. The molecule has 0 fully saturated rings. The minimum absolute atomic E-state index is 0.171. The van der Waals surface area contributed by atoms with Crippen LogP contribution in [0.25, 0.3) is 82.8 Å². The fourth-order valence-corrected chi connectivity index (χ4v) is 6.23. The number of nitrogens with zero attached hydrogens (tertiary/aromatic N) is 2. The summed E-state index contributed by atoms with van der Waals surface area (Å²) in [6, 6.07) is -45.7. The van der Waals surface area contributed by atoms with Crippen molar-refractivity contribution in [3.63, 3.8) is 0 Å². The third-order valence-corrected chi connectivity index (χ3v) is 8.87. The standard InChI is InChI=1S/C58H40N2/c1-3-14-41(15-4-1)42-26-33-48(34-27-42)59(50-37-30-46(31-38-50)52-21-10-9-20-51(52)44-16-5-2-6-17-44)49-35-28-43(29-36-49)47-32-39-58-55(40-47)54-23-11-12-24-57(54)60(58)56-25-13-19-45-18-7-8-22-53(45)56/h1-40H/i1D,2D,3D,4D,5D,6D,7D,8D,9D,10D,11D,12D,13D,14D,15D,16D,17D,18D,19D,20D,21D,22D,23D,24D,25D,26D,27D,28D,29D,30D,31D,32D,33D,34D,35D,36D,37D,38D,39D,40D. The summed E-state index contributed by atoms with van der Waals surface area (Å²) in [5.74, 6) is 0. The minimum atomic E-state index is -1.46. The highest BCUT2D eigenvalue weighted by Crippen LogP contribution is 2.41. The molecule has 0 bridgehead atoms. The molecule has 0 saturated carbocycles. The molecule has 282 valence electrons. The monoisotopic (exact) mass is 805 g/mol. The molecule has 10 aromatic carbocycles. The Morgan fingerprint density at radius 2 is 0.733 bits per heavy atom. The molecular weight excluding hydrogens is 725 g/mol. The van der Waals surface area contributed by atoms with Crippen LogP contribution in [0.3, 0.4) is 0 Å². The van der Waals surface area contributed by atoms with Gasteiger partial charge in [0.05, 0.1) is 71.6 Å². The van der Waals surface area contributed by atoms with Crippen molar-refractivity contribution in [2.75, 3.05) is 4.90 Å². The topological polar surface area (TPSA) is 8.17 Å². The van der Waals surface area contributed by atoms with Gasteiger partial charge >= 0.3 is 0 Å². The molecule has 11 rings (SSSR count). The Labute approximate surface area is 406 Å². The highest BCUT2D eigenvalue weighted by Gasteiger charge is 2.17. The van der Waals surface area contributed by atoms with Crippen molar-refractivity contribution in [2.45, 2.75) is 0 Å². The Hall–Kier alpha value is -7.94. The van der Waals surface area contributed by atoms with E-state index >= 15 is 0 Å². The molecule has 0 saturated heterocycles. The Morgan fingerprint density at radius 3 is 1.38 bits per heavy atom. The second kappa shape index (κ2) is 15.1. The second-order valence-electron chi connectivity index (χ2n) is 12.3. The van der Waals surface area contributed by atoms with Gasteiger partial charge in [-0.3, -0.25) is 0 Å². The molecule has 2 nitrogen and oxygen atoms in total. The van der Waals surface area contributed by atoms with Gasteiger partial charge in [0.2, 0.25) is 0 Å². The number of aromatic nitrogens is 1. The van der Waals surface area contributed by atoms with E-state index in [0.717, 1.165) is 0 Å². The number of anilines is 3. The van der Waals surface area contributed by atoms with E-state index in [9.17, 15) is 24.7 Å². The first-order chi connectivity index (χ1) is 46.4. The summed E-state index contributed by atoms with van der Waals surface area (Å²) < 4.78 is 363. The quantitative estimate of drug-likeness (QED) is 0.149. The summed E-state index contributed by atoms with van der Waals surface area (Å²) in [7, 11) is 0. The highest BCUT2D eigenvalue weighted by molar-refractivity contribution is 6.11. The molecule has 2 heteroatoms. The van der Waals surface area contributed by atoms with Gasteiger partial charge in [-0.05, 0) is 110 Å². The predicted octanol–water partition coefficient (Wildman–Crippen LogP) is 16.1. The number of rotatable bonds is 8. The van der Waals surface area contributed by atoms with Gasteiger partial charge in [0.1, 0.15) is 0 Å². The third-order valence-electron chi connectivity index (χ3n) is 8.87. The smallest absolute Gasteiger partial charge is 0.0645 e. The van der Waals surface area contributed by atoms with Gasteiger partial charge < -0.3 is 9.47 Å². The van der Waals surface area contributed by atoms with Gasteiger partial charge in [-0.1, -0.05) is 181 Å². The zero-order chi connectivity index (χ0) is 74.6. The van der Waals surface area contributed by atoms with Gasteiger partial charge in [-0.15, -0.1) is 0 Å². The van der Waals surface area contributed by atoms with Gasteiger partial charge in [-0.2, -0.15) is 0 Å². The lowest BCUT2D eigenvalue weighted by molar-refractivity contribution is 1.20. The number of hydrogen-bond acceptors (Lipinski definition) is 1. The predicted molar refractivity (Wildman–Crippen MR) is 255 cm³/mol. The van der Waals surface area contributed by atoms with Crippen molar-refractivity contribution in [3.8, 4) is 50.2 Å². The molecular formula is C58H40N2. The van der Waals surface area contributed by atoms with E-state index in [4.69, 9.17) is 30.2 Å². The molecule has 0 unspecified atom stereocenters. The minimum Gasteiger partial charge on any atom is -0.311 e. The van der Waals surface area contributed by atoms with E-state index < -0.39 is 342 Å². The average molecular weight is 805 g/mol. The first kappa shape index (κ1) is 13.0. The maximum atomic E-state index is 9.93. The van der Waals surface area contributed by atoms with Gasteiger partial charge in [0.15, 0.2) is 0 Å². The lowest BCUT2D eigenvalue weighted by atomic mass is 9.94. The Kier molecular flexibility index (Phi) is 3.28. The van der Waals surface area contributed by atoms with Crippen LogP contribution in [0.1, 0.15) is 54.8 Å². The largest absolute Gasteiger partial charge is 0.311 e. The van der Waals surface area contributed by atoms with Gasteiger partial charge in [0, 0.05) is 33.2 Å². The summed E-state index contributed by atoms with van der Waals surface area (Å²) in [6.07, 6.45) is 0. The van der Waals surface area contributed by atoms with E-state index in [1.54, 1.807) is 0 Å². The molecule has 0 aliphatic carbocycles. The van der Waals surface area contributed by atoms with Crippen LogP contribution in [0.4, 0.5) is 17.1 Å². The molecule has 0 N–H and O–H groups in total. The van der Waals surface area contributed by atoms with Crippen LogP contribution in [0.5, 0.6) is 0 Å². The van der Waals surface area contributed by atoms with Crippen molar-refractivity contribution in [1.29, 1.82) is 0 Å². The zero-order valence-electron chi connectivity index (χ0n) is 69.9. The normalized spacial score (nSPS) is 20.7. The Balaban J connectivity index is 1.29. The van der Waals surface area contributed by atoms with E-state index in [1.807, 2.05) is 0 Å². The number of hydrogen-bond donors (Lipinski definition) is 0. The Bertz CT molecular complexity index is 5530. The summed E-state index contributed by atoms with van der Waals surface area (Å²) >= 11 is 0. The first-order valence-electron chi connectivity index (χ1n) is 37.3. The van der Waals surface area contributed by atoms with Crippen LogP contribution < -0.4 is 4.90 Å². The zero-order valence-corrected chi connectivity index (χ0v) is 29.9. The van der Waals surface area contributed by atoms with Gasteiger partial charge in [-0.25, -0.2) is 0 Å². The molecule has 0 atom stereocenters. The average Bonchev–Trinajstić information content (AvgIpc) is 1.47. The molecule has 1 aromatic heterocycles. The molecule has 11 aromatic rings. The van der Waals surface area contributed by atoms with Crippen LogP contribution in [0, 0.1) is 0 Å². The van der Waals surface area contributed by atoms with Crippen LogP contribution in [0.15, 0.2) is 242 Å². The molecule has 1 heterocycles. The SMILES string of the molecule is [2H]c1c([2H])c([2H])c(-c2c([2H])c([2H])c(N(c3c([2H])c([2H])c(-c4c([2H])c([2H])c([2H])c([2H])c4-c4c([2H])c([2H])c([2H])c([2H])c4[2H])c([2H])c3[2H])c3c([2H])c([2H])c(-c4c([2H])c([2H])c5c(c4[2H])c4c([2H])c([2H])c([2H])c([2H])c4n5-c4c([2H])c([2H])c([2H])c5c([2H])c([2H])c([2H])c([2H])c45)c([2H])c3[2H])c([2H])c2[2H])c([2H])c1[2H]. The summed E-state index contributed by atoms with van der Waals surface area (Å²) in [6.45, 7) is 0. The number of para-hydroxylation sites is 1. The molecule has 0 spiro atoms. The van der Waals surface area contributed by atoms with E-state index in [0.29, 0.717) is 4.57 Å². The van der Waals surface area contributed by atoms with Crippen LogP contribution in [-0.2, 0) is 0 Å². The summed E-state index contributed by atoms with van der Waals surface area (Å²) in [4.78, 5) is 0.171. The van der Waals surface area contributed by atoms with Crippen molar-refractivity contribution >= 4 is 49.6 Å². The van der Waals surface area contributed by atoms with Crippen molar-refractivity contribution in [1.82, 2.24) is 4.57 Å². The van der Waals surface area contributed by atoms with Crippen molar-refractivity contribution in [2.24, 2.45) is 0 Å². The van der Waals surface area contributed by atoms with Gasteiger partial charge in [0.25, 0.3) is 0 Å². The lowest BCUT2D eigenvalue weighted by Crippen LogP contribution is -2.09. The summed E-state index contributed by atoms with van der Waals surface area (Å²) in [5.41, 5.74) is -14.4. The summed E-state index contributed by atoms with van der Waals surface area (Å²) in [5, 5.41) is -2.87. The number of fused-ring (bicyclic) bond motifs is 4. The fourth-order valence-electron chi connectivity index (χ4n) is 6.23. The maximum absolute atomic E-state index is 9.93. The second-order valence-corrected chi connectivity index (χ2v) is 12.3. The first-order valence-corrected chi connectivity index (χ1v) is 17.3. The molecule has 60 heavy (non-hydrogen) atoms. The Morgan fingerprint density at radius 1 is 0.300 bits per heavy atom. The third kappa shape index (κ3) is 6.32. The molecule has 0 radical (unpaired) electrons. The van der Waals surface area contributed by atoms with Crippen LogP contribution >= 0.6 is 0 Å². The van der Waals surface area contributed by atoms with Crippen LogP contribution in [0.2, 0.25) is 0 Å². The number of benzene rings is 10. The van der Waals surface area contributed by atoms with Crippen LogP contribution in [-0.4, -0.2) is 4.57 Å². The molecule has 0 aliphatic heterocycles.